The number of benzene rings is 3. The summed E-state index contributed by atoms with van der Waals surface area (Å²) in [6.07, 6.45) is 0. The topological polar surface area (TPSA) is 89.2 Å². The van der Waals surface area contributed by atoms with Crippen LogP contribution in [0.4, 0.5) is 17.1 Å². The van der Waals surface area contributed by atoms with Gasteiger partial charge in [0.15, 0.2) is 0 Å². The summed E-state index contributed by atoms with van der Waals surface area (Å²) >= 11 is 0. The predicted octanol–water partition coefficient (Wildman–Crippen LogP) is 5.94. The van der Waals surface area contributed by atoms with Crippen molar-refractivity contribution in [3.8, 4) is 11.5 Å². The molecule has 0 heterocycles. The van der Waals surface area contributed by atoms with Crippen LogP contribution in [0.15, 0.2) is 78.9 Å². The largest absolute Gasteiger partial charge is 2.00 e. The van der Waals surface area contributed by atoms with Crippen LogP contribution in [0.5, 0.6) is 11.5 Å². The molecule has 34 heavy (non-hydrogen) atoms. The molecule has 0 atom stereocenters. The number of hydrogen-bond acceptors (Lipinski definition) is 3. The Labute approximate surface area is 221 Å². The van der Waals surface area contributed by atoms with E-state index in [1.165, 1.54) is 12.1 Å². The van der Waals surface area contributed by atoms with Crippen LogP contribution < -0.4 is 15.1 Å². The zero-order valence-electron chi connectivity index (χ0n) is 20.4. The van der Waals surface area contributed by atoms with Crippen LogP contribution in [-0.2, 0) is 30.4 Å². The second-order valence-corrected chi connectivity index (χ2v) is 12.7. The molecule has 3 aromatic carbocycles. The first kappa shape index (κ1) is 36.7. The van der Waals surface area contributed by atoms with Gasteiger partial charge in [0.2, 0.25) is 0 Å². The van der Waals surface area contributed by atoms with Crippen LogP contribution in [0.1, 0.15) is 0 Å². The first-order chi connectivity index (χ1) is 15.7. The van der Waals surface area contributed by atoms with E-state index in [2.05, 4.69) is 53.3 Å². The van der Waals surface area contributed by atoms with Crippen molar-refractivity contribution in [3.63, 3.8) is 0 Å². The Bertz CT molecular complexity index is 872. The van der Waals surface area contributed by atoms with Gasteiger partial charge >= 0.3 is 43.7 Å². The molecular weight excluding hydrogens is 636 g/mol. The Morgan fingerprint density at radius 1 is 0.559 bits per heavy atom. The van der Waals surface area contributed by atoms with Crippen molar-refractivity contribution in [1.29, 1.82) is 0 Å². The van der Waals surface area contributed by atoms with E-state index in [0.29, 0.717) is 27.2 Å². The smallest absolute Gasteiger partial charge is 0.871 e. The molecule has 0 N–H and O–H groups in total. The van der Waals surface area contributed by atoms with Crippen LogP contribution in [0, 0.1) is 13.3 Å². The number of anilines is 3. The zero-order chi connectivity index (χ0) is 25.8. The Hall–Kier alpha value is -1.91. The van der Waals surface area contributed by atoms with Gasteiger partial charge in [-0.1, -0.05) is 66.1 Å². The number of para-hydroxylation sites is 5. The summed E-state index contributed by atoms with van der Waals surface area (Å²) in [6, 6.07) is 22.8. The van der Waals surface area contributed by atoms with Gasteiger partial charge in [0.25, 0.3) is 0 Å². The van der Waals surface area contributed by atoms with Gasteiger partial charge in [-0.3, -0.25) is 0 Å². The van der Waals surface area contributed by atoms with E-state index in [1.807, 2.05) is 30.3 Å². The van der Waals surface area contributed by atoms with E-state index in [0.717, 1.165) is 5.69 Å². The van der Waals surface area contributed by atoms with Crippen molar-refractivity contribution in [3.05, 3.63) is 92.2 Å². The fourth-order valence-corrected chi connectivity index (χ4v) is 2.27. The fraction of sp³-hybridized carbons (Fsp3) is 0.231. The van der Waals surface area contributed by atoms with Gasteiger partial charge in [0.1, 0.15) is 0 Å². The third kappa shape index (κ3) is 15.8. The number of rotatable bonds is 3. The second-order valence-electron chi connectivity index (χ2n) is 7.29. The maximum absolute atomic E-state index is 12.2. The Morgan fingerprint density at radius 3 is 1.12 bits per heavy atom. The average molecular weight is 667 g/mol. The van der Waals surface area contributed by atoms with Gasteiger partial charge in [-0.2, -0.15) is 0 Å². The molecule has 0 aromatic heterocycles. The minimum absolute atomic E-state index is 0. The maximum Gasteiger partial charge on any atom is 2.00 e. The molecule has 180 valence electrons. The summed E-state index contributed by atoms with van der Waals surface area (Å²) in [4.78, 5) is 1.70. The molecule has 0 amide bonds. The van der Waals surface area contributed by atoms with Crippen molar-refractivity contribution in [2.75, 3.05) is 44.9 Å². The van der Waals surface area contributed by atoms with Gasteiger partial charge < -0.3 is 15.1 Å². The van der Waals surface area contributed by atoms with E-state index in [9.17, 15) is 10.2 Å². The molecule has 0 saturated heterocycles. The van der Waals surface area contributed by atoms with Crippen LogP contribution >= 0.6 is 15.8 Å². The van der Waals surface area contributed by atoms with E-state index < -0.39 is 0 Å². The summed E-state index contributed by atoms with van der Waals surface area (Å²) < 4.78 is 15.0. The molecule has 0 aliphatic rings. The SMILES string of the molecule is CP(C)C.CP(C)C.[C-]#[O+].[C-]#[O+].[O-]c1ccccc1N(c1ccccc1)c1ccccc1[O-].[W+2]. The third-order valence-electron chi connectivity index (χ3n) is 3.23. The normalized spacial score (nSPS) is 8.59. The molecule has 0 radical (unpaired) electrons. The van der Waals surface area contributed by atoms with Crippen LogP contribution in [0.2, 0.25) is 0 Å². The molecule has 3 rings (SSSR count). The minimum atomic E-state index is -0.121. The summed E-state index contributed by atoms with van der Waals surface area (Å²) in [5, 5.41) is 24.3. The molecule has 0 fully saturated rings. The van der Waals surface area contributed by atoms with Gasteiger partial charge in [-0.05, 0) is 64.3 Å². The molecule has 5 nitrogen and oxygen atoms in total. The maximum atomic E-state index is 12.2. The molecular formula is C26H31NO4P2W. The molecule has 8 heteroatoms. The number of hydrogen-bond donors (Lipinski definition) is 0. The van der Waals surface area contributed by atoms with Crippen LogP contribution in [0.3, 0.4) is 0 Å². The van der Waals surface area contributed by atoms with Crippen molar-refractivity contribution < 1.29 is 40.6 Å². The van der Waals surface area contributed by atoms with Crippen molar-refractivity contribution in [2.24, 2.45) is 0 Å². The number of nitrogens with zero attached hydrogens (tertiary/aromatic N) is 1. The quantitative estimate of drug-likeness (QED) is 0.197. The molecule has 0 bridgehead atoms. The van der Waals surface area contributed by atoms with Crippen molar-refractivity contribution in [2.45, 2.75) is 0 Å². The van der Waals surface area contributed by atoms with E-state index >= 15 is 0 Å². The predicted molar refractivity (Wildman–Crippen MR) is 137 cm³/mol. The average Bonchev–Trinajstić information content (AvgIpc) is 2.79. The standard InChI is InChI=1S/C18H15NO2.2C3H9P.2CO.W/c20-17-12-6-4-10-15(17)19(14-8-2-1-3-9-14)16-11-5-7-13-18(16)21;2*1-4(2)3;2*1-2;/h1-13,20-21H;2*1-3H3;;;/q;;;;;+2/p-2. The van der Waals surface area contributed by atoms with E-state index in [-0.39, 0.29) is 32.6 Å². The van der Waals surface area contributed by atoms with Crippen molar-refractivity contribution in [1.82, 2.24) is 0 Å². The molecule has 0 spiro atoms. The molecule has 0 aliphatic heterocycles. The van der Waals surface area contributed by atoms with Gasteiger partial charge in [0.05, 0.1) is 0 Å². The van der Waals surface area contributed by atoms with Crippen LogP contribution in [-0.4, -0.2) is 40.0 Å². The summed E-state index contributed by atoms with van der Waals surface area (Å²) in [7, 11) is 0.759. The molecule has 0 saturated carbocycles. The summed E-state index contributed by atoms with van der Waals surface area (Å²) in [5.41, 5.74) is 1.71. The molecule has 0 unspecified atom stereocenters. The second kappa shape index (κ2) is 22.9. The monoisotopic (exact) mass is 667 g/mol. The van der Waals surface area contributed by atoms with Gasteiger partial charge in [-0.15, -0.1) is 15.8 Å². The van der Waals surface area contributed by atoms with E-state index in [4.69, 9.17) is 9.30 Å². The Balaban J connectivity index is -0.000000630. The first-order valence-corrected chi connectivity index (χ1v) is 15.1. The van der Waals surface area contributed by atoms with Crippen molar-refractivity contribution >= 4 is 32.9 Å². The fourth-order valence-electron chi connectivity index (χ4n) is 2.27. The minimum Gasteiger partial charge on any atom is -0.871 e. The Morgan fingerprint density at radius 2 is 0.824 bits per heavy atom. The zero-order valence-corrected chi connectivity index (χ0v) is 25.1. The summed E-state index contributed by atoms with van der Waals surface area (Å²) in [6.45, 7) is 22.4. The molecule has 0 aliphatic carbocycles. The van der Waals surface area contributed by atoms with Gasteiger partial charge in [0, 0.05) is 17.1 Å². The van der Waals surface area contributed by atoms with Gasteiger partial charge in [-0.25, -0.2) is 0 Å². The first-order valence-electron chi connectivity index (χ1n) is 9.74. The third-order valence-corrected chi connectivity index (χ3v) is 3.23. The molecule has 3 aromatic rings. The van der Waals surface area contributed by atoms with E-state index in [1.54, 1.807) is 41.3 Å². The Kier molecular flexibility index (Phi) is 24.6. The van der Waals surface area contributed by atoms with Crippen LogP contribution in [0.25, 0.3) is 0 Å². The summed E-state index contributed by atoms with van der Waals surface area (Å²) in [5.74, 6) is -0.241.